The fraction of sp³-hybridized carbons (Fsp3) is 0.190. The molecule has 0 radical (unpaired) electrons. The first kappa shape index (κ1) is 23.2. The predicted molar refractivity (Wildman–Crippen MR) is 122 cm³/mol. The number of amides is 1. The molecule has 2 N–H and O–H groups in total. The Morgan fingerprint density at radius 2 is 1.84 bits per heavy atom. The maximum atomic E-state index is 12.8. The van der Waals surface area contributed by atoms with Crippen LogP contribution in [-0.4, -0.2) is 34.5 Å². The van der Waals surface area contributed by atoms with Gasteiger partial charge in [-0.3, -0.25) is 4.79 Å². The summed E-state index contributed by atoms with van der Waals surface area (Å²) in [7, 11) is -3.86. The zero-order chi connectivity index (χ0) is 23.1. The molecule has 1 atom stereocenters. The Morgan fingerprint density at radius 3 is 2.47 bits per heavy atom. The molecule has 0 bridgehead atoms. The highest BCUT2D eigenvalue weighted by Crippen LogP contribution is 2.28. The number of hydrogen-bond donors (Lipinski definition) is 2. The topological polar surface area (TPSA) is 138 Å². The molecule has 1 unspecified atom stereocenters. The lowest BCUT2D eigenvalue weighted by molar-refractivity contribution is -0.115. The third-order valence-corrected chi connectivity index (χ3v) is 6.97. The lowest BCUT2D eigenvalue weighted by Crippen LogP contribution is -2.25. The second kappa shape index (κ2) is 10.2. The number of thioether (sulfide) groups is 1. The minimum absolute atomic E-state index is 0.00647. The van der Waals surface area contributed by atoms with Gasteiger partial charge in [-0.2, -0.15) is 5.26 Å². The van der Waals surface area contributed by atoms with Gasteiger partial charge in [0.15, 0.2) is 0 Å². The Balaban J connectivity index is 1.69. The Labute approximate surface area is 190 Å². The van der Waals surface area contributed by atoms with E-state index in [2.05, 4.69) is 31.1 Å². The van der Waals surface area contributed by atoms with Crippen LogP contribution in [0.25, 0.3) is 0 Å². The van der Waals surface area contributed by atoms with Crippen molar-refractivity contribution in [3.05, 3.63) is 66.1 Å². The van der Waals surface area contributed by atoms with Crippen molar-refractivity contribution in [2.24, 2.45) is 0 Å². The van der Waals surface area contributed by atoms with Gasteiger partial charge in [-0.25, -0.2) is 28.1 Å². The highest BCUT2D eigenvalue weighted by molar-refractivity contribution is 8.00. The molecule has 3 rings (SSSR count). The van der Waals surface area contributed by atoms with Crippen LogP contribution in [-0.2, 0) is 14.8 Å². The molecule has 2 heterocycles. The summed E-state index contributed by atoms with van der Waals surface area (Å²) in [5, 5.41) is 12.1. The smallest absolute Gasteiger partial charge is 0.264 e. The summed E-state index contributed by atoms with van der Waals surface area (Å²) in [5.41, 5.74) is 1.62. The third-order valence-electron chi connectivity index (χ3n) is 4.26. The monoisotopic (exact) mass is 468 g/mol. The van der Waals surface area contributed by atoms with Crippen molar-refractivity contribution < 1.29 is 13.2 Å². The number of rotatable bonds is 8. The molecule has 32 heavy (non-hydrogen) atoms. The average molecular weight is 469 g/mol. The number of pyridine rings is 1. The number of aromatic nitrogens is 3. The van der Waals surface area contributed by atoms with Gasteiger partial charge in [-0.05, 0) is 55.8 Å². The zero-order valence-corrected chi connectivity index (χ0v) is 18.9. The summed E-state index contributed by atoms with van der Waals surface area (Å²) in [6.07, 6.45) is 3.37. The number of hydrogen-bond acceptors (Lipinski definition) is 8. The minimum atomic E-state index is -3.86. The first-order chi connectivity index (χ1) is 15.3. The van der Waals surface area contributed by atoms with Crippen molar-refractivity contribution in [3.63, 3.8) is 0 Å². The van der Waals surface area contributed by atoms with Crippen LogP contribution >= 0.6 is 11.8 Å². The van der Waals surface area contributed by atoms with Crippen molar-refractivity contribution in [2.45, 2.75) is 35.4 Å². The molecule has 0 saturated carbocycles. The quantitative estimate of drug-likeness (QED) is 0.480. The maximum absolute atomic E-state index is 12.8. The van der Waals surface area contributed by atoms with E-state index in [9.17, 15) is 18.5 Å². The molecule has 0 saturated heterocycles. The van der Waals surface area contributed by atoms with Gasteiger partial charge in [0, 0.05) is 23.8 Å². The van der Waals surface area contributed by atoms with Gasteiger partial charge in [0.1, 0.15) is 11.1 Å². The molecule has 0 aliphatic rings. The molecular formula is C21H20N6O3S2. The predicted octanol–water partition coefficient (Wildman–Crippen LogP) is 3.36. The van der Waals surface area contributed by atoms with Crippen LogP contribution in [0.5, 0.6) is 0 Å². The van der Waals surface area contributed by atoms with Crippen LogP contribution in [0, 0.1) is 18.3 Å². The molecule has 11 heteroatoms. The number of aryl methyl sites for hydroxylation is 1. The Morgan fingerprint density at radius 1 is 1.16 bits per heavy atom. The number of nitriles is 1. The van der Waals surface area contributed by atoms with Gasteiger partial charge in [0.25, 0.3) is 10.0 Å². The zero-order valence-electron chi connectivity index (χ0n) is 17.3. The second-order valence-electron chi connectivity index (χ2n) is 6.62. The second-order valence-corrected chi connectivity index (χ2v) is 9.50. The Bertz CT molecular complexity index is 1240. The van der Waals surface area contributed by atoms with Crippen LogP contribution in [0.1, 0.15) is 24.6 Å². The first-order valence-electron chi connectivity index (χ1n) is 9.57. The summed E-state index contributed by atoms with van der Waals surface area (Å²) >= 11 is 1.22. The van der Waals surface area contributed by atoms with Gasteiger partial charge in [0.2, 0.25) is 11.9 Å². The van der Waals surface area contributed by atoms with Crippen LogP contribution < -0.4 is 10.0 Å². The molecule has 0 fully saturated rings. The van der Waals surface area contributed by atoms with Crippen LogP contribution in [0.2, 0.25) is 0 Å². The number of carbonyl (C=O) groups excluding carboxylic acids is 1. The van der Waals surface area contributed by atoms with E-state index in [-0.39, 0.29) is 16.8 Å². The van der Waals surface area contributed by atoms with E-state index < -0.39 is 15.3 Å². The van der Waals surface area contributed by atoms with E-state index in [4.69, 9.17) is 0 Å². The van der Waals surface area contributed by atoms with Gasteiger partial charge < -0.3 is 5.32 Å². The van der Waals surface area contributed by atoms with Crippen molar-refractivity contribution in [3.8, 4) is 6.07 Å². The summed E-state index contributed by atoms with van der Waals surface area (Å²) in [6, 6.07) is 12.9. The van der Waals surface area contributed by atoms with Gasteiger partial charge in [-0.15, -0.1) is 0 Å². The molecule has 0 aliphatic heterocycles. The number of nitrogens with zero attached hydrogens (tertiary/aromatic N) is 4. The summed E-state index contributed by atoms with van der Waals surface area (Å²) in [6.45, 7) is 3.69. The summed E-state index contributed by atoms with van der Waals surface area (Å²) in [5.74, 6) is -0.301. The highest BCUT2D eigenvalue weighted by Gasteiger charge is 2.21. The number of sulfonamides is 1. The van der Waals surface area contributed by atoms with Gasteiger partial charge >= 0.3 is 0 Å². The standard InChI is InChI=1S/C21H20N6O3S2/c1-3-18(31-20-15(13-22)6-5-14(2)25-20)19(28)26-16-7-9-17(10-8-16)32(29,30)27-21-23-11-4-12-24-21/h4-12,18H,3H2,1-2H3,(H,26,28)(H,23,24,27). The van der Waals surface area contributed by atoms with E-state index >= 15 is 0 Å². The van der Waals surface area contributed by atoms with Crippen LogP contribution in [0.15, 0.2) is 64.8 Å². The van der Waals surface area contributed by atoms with E-state index in [1.165, 1.54) is 48.4 Å². The number of anilines is 2. The molecule has 2 aromatic heterocycles. The largest absolute Gasteiger partial charge is 0.325 e. The lowest BCUT2D eigenvalue weighted by Gasteiger charge is -2.15. The SMILES string of the molecule is CCC(Sc1nc(C)ccc1C#N)C(=O)Nc1ccc(S(=O)(=O)Nc2ncccn2)cc1. The fourth-order valence-electron chi connectivity index (χ4n) is 2.64. The molecular weight excluding hydrogens is 448 g/mol. The number of nitrogens with one attached hydrogen (secondary N) is 2. The van der Waals surface area contributed by atoms with Crippen molar-refractivity contribution in [2.75, 3.05) is 10.0 Å². The Kier molecular flexibility index (Phi) is 7.40. The maximum Gasteiger partial charge on any atom is 0.264 e. The minimum Gasteiger partial charge on any atom is -0.325 e. The van der Waals surface area contributed by atoms with Gasteiger partial charge in [0.05, 0.1) is 15.7 Å². The van der Waals surface area contributed by atoms with E-state index in [0.29, 0.717) is 22.7 Å². The summed E-state index contributed by atoms with van der Waals surface area (Å²) in [4.78, 5) is 24.8. The molecule has 1 amide bonds. The lowest BCUT2D eigenvalue weighted by atomic mass is 10.2. The fourth-order valence-corrected chi connectivity index (χ4v) is 4.63. The highest BCUT2D eigenvalue weighted by atomic mass is 32.2. The molecule has 0 spiro atoms. The molecule has 164 valence electrons. The first-order valence-corrected chi connectivity index (χ1v) is 11.9. The van der Waals surface area contributed by atoms with E-state index in [0.717, 1.165) is 5.69 Å². The van der Waals surface area contributed by atoms with Crippen molar-refractivity contribution >= 4 is 39.3 Å². The molecule has 9 nitrogen and oxygen atoms in total. The molecule has 0 aliphatic carbocycles. The Hall–Kier alpha value is -3.49. The molecule has 3 aromatic rings. The van der Waals surface area contributed by atoms with E-state index in [1.807, 2.05) is 13.8 Å². The van der Waals surface area contributed by atoms with Crippen LogP contribution in [0.3, 0.4) is 0 Å². The number of benzene rings is 1. The normalized spacial score (nSPS) is 11.9. The van der Waals surface area contributed by atoms with Crippen LogP contribution in [0.4, 0.5) is 11.6 Å². The third kappa shape index (κ3) is 5.81. The van der Waals surface area contributed by atoms with Crippen molar-refractivity contribution in [1.82, 2.24) is 15.0 Å². The number of carbonyl (C=O) groups is 1. The summed E-state index contributed by atoms with van der Waals surface area (Å²) < 4.78 is 27.2. The van der Waals surface area contributed by atoms with Gasteiger partial charge in [-0.1, -0.05) is 18.7 Å². The molecule has 1 aromatic carbocycles. The van der Waals surface area contributed by atoms with E-state index in [1.54, 1.807) is 18.2 Å². The average Bonchev–Trinajstić information content (AvgIpc) is 2.78. The van der Waals surface area contributed by atoms with Crippen molar-refractivity contribution in [1.29, 1.82) is 5.26 Å².